The topological polar surface area (TPSA) is 104 Å². The first-order valence-electron chi connectivity index (χ1n) is 6.10. The van der Waals surface area contributed by atoms with Crippen molar-refractivity contribution >= 4 is 22.9 Å². The van der Waals surface area contributed by atoms with Gasteiger partial charge in [-0.15, -0.1) is 0 Å². The highest BCUT2D eigenvalue weighted by molar-refractivity contribution is 5.87. The Morgan fingerprint density at radius 2 is 2.10 bits per heavy atom. The zero-order valence-corrected chi connectivity index (χ0v) is 10.9. The van der Waals surface area contributed by atoms with E-state index < -0.39 is 30.6 Å². The van der Waals surface area contributed by atoms with E-state index in [4.69, 9.17) is 10.2 Å². The number of nitrogens with zero attached hydrogens (tertiary/aromatic N) is 2. The van der Waals surface area contributed by atoms with Crippen molar-refractivity contribution in [2.45, 2.75) is 19.0 Å². The molecule has 2 rings (SSSR count). The number of aliphatic carboxylic acids is 1. The van der Waals surface area contributed by atoms with Crippen LogP contribution in [0.15, 0.2) is 30.6 Å². The third-order valence-corrected chi connectivity index (χ3v) is 3.07. The molecule has 2 aromatic rings. The second kappa shape index (κ2) is 5.70. The van der Waals surface area contributed by atoms with Crippen LogP contribution in [-0.4, -0.2) is 44.3 Å². The normalized spacial score (nSPS) is 13.9. The molecule has 2 atom stereocenters. The van der Waals surface area contributed by atoms with Crippen molar-refractivity contribution in [1.29, 1.82) is 0 Å². The Hall–Kier alpha value is -2.41. The molecule has 20 heavy (non-hydrogen) atoms. The smallest absolute Gasteiger partial charge is 0.328 e. The molecule has 0 aliphatic carbocycles. The Morgan fingerprint density at radius 3 is 2.75 bits per heavy atom. The van der Waals surface area contributed by atoms with Crippen LogP contribution in [0.3, 0.4) is 0 Å². The van der Waals surface area contributed by atoms with E-state index in [-0.39, 0.29) is 0 Å². The summed E-state index contributed by atoms with van der Waals surface area (Å²) in [5.41, 5.74) is 1.54. The van der Waals surface area contributed by atoms with Crippen LogP contribution in [0.2, 0.25) is 0 Å². The van der Waals surface area contributed by atoms with E-state index in [0.29, 0.717) is 0 Å². The van der Waals surface area contributed by atoms with E-state index in [1.54, 1.807) is 11.5 Å². The number of carboxylic acid groups (broad SMARTS) is 1. The lowest BCUT2D eigenvalue weighted by Gasteiger charge is -2.17. The highest BCUT2D eigenvalue weighted by Crippen LogP contribution is 2.17. The summed E-state index contributed by atoms with van der Waals surface area (Å²) in [6.45, 7) is 0.984. The Balaban J connectivity index is 2.20. The summed E-state index contributed by atoms with van der Waals surface area (Å²) in [6.07, 6.45) is 1.53. The number of hydrogen-bond donors (Lipinski definition) is 3. The van der Waals surface area contributed by atoms with Gasteiger partial charge in [0.15, 0.2) is 0 Å². The molecule has 0 saturated carbocycles. The molecule has 7 nitrogen and oxygen atoms in total. The van der Waals surface area contributed by atoms with E-state index in [2.05, 4.69) is 10.3 Å². The number of aliphatic hydroxyl groups is 1. The molecule has 1 aromatic heterocycles. The Kier molecular flexibility index (Phi) is 3.99. The van der Waals surface area contributed by atoms with E-state index in [9.17, 15) is 9.59 Å². The summed E-state index contributed by atoms with van der Waals surface area (Å²) in [4.78, 5) is 27.0. The average molecular weight is 277 g/mol. The minimum atomic E-state index is -1.31. The van der Waals surface area contributed by atoms with Crippen LogP contribution in [-0.2, 0) is 9.59 Å². The van der Waals surface area contributed by atoms with Gasteiger partial charge in [-0.05, 0) is 19.1 Å². The molecule has 0 aliphatic heterocycles. The lowest BCUT2D eigenvalue weighted by Crippen LogP contribution is -2.45. The zero-order chi connectivity index (χ0) is 14.7. The van der Waals surface area contributed by atoms with E-state index in [0.717, 1.165) is 11.0 Å². The molecular weight excluding hydrogens is 262 g/mol. The minimum Gasteiger partial charge on any atom is -0.480 e. The van der Waals surface area contributed by atoms with Gasteiger partial charge in [0.2, 0.25) is 5.91 Å². The summed E-state index contributed by atoms with van der Waals surface area (Å²) in [5, 5.41) is 20.0. The van der Waals surface area contributed by atoms with Gasteiger partial charge in [0, 0.05) is 0 Å². The Labute approximate surface area is 114 Å². The highest BCUT2D eigenvalue weighted by atomic mass is 16.4. The van der Waals surface area contributed by atoms with E-state index in [1.165, 1.54) is 6.33 Å². The second-order valence-electron chi connectivity index (χ2n) is 4.40. The molecule has 1 heterocycles. The molecule has 0 radical (unpaired) electrons. The predicted molar refractivity (Wildman–Crippen MR) is 71.1 cm³/mol. The maximum Gasteiger partial charge on any atom is 0.328 e. The molecule has 3 N–H and O–H groups in total. The van der Waals surface area contributed by atoms with Gasteiger partial charge >= 0.3 is 5.97 Å². The molecule has 0 aliphatic rings. The predicted octanol–water partition coefficient (Wildman–Crippen LogP) is 0.159. The van der Waals surface area contributed by atoms with Crippen LogP contribution in [0, 0.1) is 0 Å². The fraction of sp³-hybridized carbons (Fsp3) is 0.308. The van der Waals surface area contributed by atoms with Gasteiger partial charge in [0.05, 0.1) is 24.0 Å². The SMILES string of the molecule is CC(C(=O)NC(CO)C(=O)O)n1cnc2ccccc21. The number of nitrogens with one attached hydrogen (secondary N) is 1. The maximum atomic E-state index is 12.0. The fourth-order valence-corrected chi connectivity index (χ4v) is 1.89. The van der Waals surface area contributed by atoms with Gasteiger partial charge < -0.3 is 20.1 Å². The molecule has 0 spiro atoms. The third-order valence-electron chi connectivity index (χ3n) is 3.07. The number of carboxylic acids is 1. The monoisotopic (exact) mass is 277 g/mol. The standard InChI is InChI=1S/C13H15N3O4/c1-8(12(18)15-10(6-17)13(19)20)16-7-14-9-4-2-3-5-11(9)16/h2-5,7-8,10,17H,6H2,1H3,(H,15,18)(H,19,20). The number of para-hydroxylation sites is 2. The maximum absolute atomic E-state index is 12.0. The summed E-state index contributed by atoms with van der Waals surface area (Å²) in [5.74, 6) is -1.77. The highest BCUT2D eigenvalue weighted by Gasteiger charge is 2.23. The number of hydrogen-bond acceptors (Lipinski definition) is 4. The number of fused-ring (bicyclic) bond motifs is 1. The summed E-state index contributed by atoms with van der Waals surface area (Å²) in [6, 6.07) is 5.39. The molecule has 7 heteroatoms. The number of aliphatic hydroxyl groups excluding tert-OH is 1. The fourth-order valence-electron chi connectivity index (χ4n) is 1.89. The van der Waals surface area contributed by atoms with Crippen LogP contribution in [0.4, 0.5) is 0 Å². The number of carbonyl (C=O) groups is 2. The summed E-state index contributed by atoms with van der Waals surface area (Å²) in [7, 11) is 0. The van der Waals surface area contributed by atoms with Crippen LogP contribution in [0.25, 0.3) is 11.0 Å². The van der Waals surface area contributed by atoms with Crippen molar-refractivity contribution < 1.29 is 19.8 Å². The van der Waals surface area contributed by atoms with Crippen molar-refractivity contribution in [3.8, 4) is 0 Å². The molecule has 1 aromatic carbocycles. The second-order valence-corrected chi connectivity index (χ2v) is 4.40. The first-order chi connectivity index (χ1) is 9.54. The molecule has 0 fully saturated rings. The van der Waals surface area contributed by atoms with Crippen molar-refractivity contribution in [2.24, 2.45) is 0 Å². The van der Waals surface area contributed by atoms with Crippen LogP contribution < -0.4 is 5.32 Å². The number of rotatable bonds is 5. The summed E-state index contributed by atoms with van der Waals surface area (Å²) < 4.78 is 1.65. The number of imidazole rings is 1. The van der Waals surface area contributed by atoms with Crippen molar-refractivity contribution in [1.82, 2.24) is 14.9 Å². The number of aromatic nitrogens is 2. The lowest BCUT2D eigenvalue weighted by molar-refractivity contribution is -0.143. The molecule has 106 valence electrons. The average Bonchev–Trinajstić information content (AvgIpc) is 2.87. The van der Waals surface area contributed by atoms with Crippen LogP contribution in [0.1, 0.15) is 13.0 Å². The van der Waals surface area contributed by atoms with E-state index >= 15 is 0 Å². The quantitative estimate of drug-likeness (QED) is 0.722. The molecule has 0 saturated heterocycles. The minimum absolute atomic E-state index is 0.491. The van der Waals surface area contributed by atoms with Gasteiger partial charge in [0.25, 0.3) is 0 Å². The van der Waals surface area contributed by atoms with Crippen molar-refractivity contribution in [2.75, 3.05) is 6.61 Å². The molecule has 1 amide bonds. The van der Waals surface area contributed by atoms with Crippen LogP contribution in [0.5, 0.6) is 0 Å². The first kappa shape index (κ1) is 14.0. The lowest BCUT2D eigenvalue weighted by atomic mass is 10.2. The van der Waals surface area contributed by atoms with Crippen LogP contribution >= 0.6 is 0 Å². The molecule has 0 bridgehead atoms. The van der Waals surface area contributed by atoms with Gasteiger partial charge in [-0.3, -0.25) is 4.79 Å². The Morgan fingerprint density at radius 1 is 1.40 bits per heavy atom. The number of benzene rings is 1. The van der Waals surface area contributed by atoms with E-state index in [1.807, 2.05) is 24.3 Å². The largest absolute Gasteiger partial charge is 0.480 e. The molecular formula is C13H15N3O4. The third kappa shape index (κ3) is 2.62. The van der Waals surface area contributed by atoms with Crippen molar-refractivity contribution in [3.05, 3.63) is 30.6 Å². The van der Waals surface area contributed by atoms with Gasteiger partial charge in [-0.1, -0.05) is 12.1 Å². The Bertz CT molecular complexity index is 637. The van der Waals surface area contributed by atoms with Gasteiger partial charge in [-0.25, -0.2) is 9.78 Å². The van der Waals surface area contributed by atoms with Gasteiger partial charge in [0.1, 0.15) is 12.1 Å². The van der Waals surface area contributed by atoms with Gasteiger partial charge in [-0.2, -0.15) is 0 Å². The number of carbonyl (C=O) groups excluding carboxylic acids is 1. The summed E-state index contributed by atoms with van der Waals surface area (Å²) >= 11 is 0. The number of amides is 1. The molecule has 2 unspecified atom stereocenters. The first-order valence-corrected chi connectivity index (χ1v) is 6.10. The van der Waals surface area contributed by atoms with Crippen molar-refractivity contribution in [3.63, 3.8) is 0 Å². The zero-order valence-electron chi connectivity index (χ0n) is 10.9.